The molecule has 0 radical (unpaired) electrons. The Morgan fingerprint density at radius 2 is 2.22 bits per heavy atom. The van der Waals surface area contributed by atoms with E-state index in [0.717, 1.165) is 0 Å². The van der Waals surface area contributed by atoms with E-state index in [0.29, 0.717) is 21.6 Å². The zero-order valence-corrected chi connectivity index (χ0v) is 10.9. The Morgan fingerprint density at radius 1 is 1.44 bits per heavy atom. The number of aromatic nitrogens is 1. The molecule has 1 aromatic heterocycles. The van der Waals surface area contributed by atoms with Crippen molar-refractivity contribution in [3.63, 3.8) is 0 Å². The summed E-state index contributed by atoms with van der Waals surface area (Å²) < 4.78 is 0. The normalized spacial score (nSPS) is 12.6. The molecule has 2 aromatic rings. The molecule has 1 heterocycles. The SMILES string of the molecule is Oc1c(NCC(O)CCl)cc(Cl)c2cccnc12. The summed E-state index contributed by atoms with van der Waals surface area (Å²) in [6.45, 7) is 0.228. The number of alkyl halides is 1. The highest BCUT2D eigenvalue weighted by Crippen LogP contribution is 2.36. The van der Waals surface area contributed by atoms with Crippen LogP contribution in [0.1, 0.15) is 0 Å². The predicted octanol–water partition coefficient (Wildman–Crippen LogP) is 2.61. The third-order valence-corrected chi connectivity index (χ3v) is 3.19. The number of halogens is 2. The average molecular weight is 287 g/mol. The maximum atomic E-state index is 10.1. The molecule has 0 aliphatic heterocycles. The number of rotatable bonds is 4. The summed E-state index contributed by atoms with van der Waals surface area (Å²) in [5, 5.41) is 23.5. The Bertz CT molecular complexity index is 563. The smallest absolute Gasteiger partial charge is 0.165 e. The molecular formula is C12H12Cl2N2O2. The number of phenolic OH excluding ortho intramolecular Hbond substituents is 1. The van der Waals surface area contributed by atoms with Gasteiger partial charge in [0.1, 0.15) is 5.52 Å². The zero-order valence-electron chi connectivity index (χ0n) is 9.40. The van der Waals surface area contributed by atoms with Crippen molar-refractivity contribution < 1.29 is 10.2 Å². The lowest BCUT2D eigenvalue weighted by Crippen LogP contribution is -2.20. The minimum atomic E-state index is -0.690. The van der Waals surface area contributed by atoms with Crippen LogP contribution in [0.2, 0.25) is 5.02 Å². The van der Waals surface area contributed by atoms with Gasteiger partial charge in [0.2, 0.25) is 0 Å². The number of benzene rings is 1. The Kier molecular flexibility index (Phi) is 4.11. The minimum absolute atomic E-state index is 0.0109. The molecule has 0 saturated heterocycles. The van der Waals surface area contributed by atoms with Crippen LogP contribution in [-0.2, 0) is 0 Å². The highest BCUT2D eigenvalue weighted by atomic mass is 35.5. The summed E-state index contributed by atoms with van der Waals surface area (Å²) in [5.74, 6) is 0.129. The Labute approximate surface area is 114 Å². The van der Waals surface area contributed by atoms with Crippen LogP contribution in [0.4, 0.5) is 5.69 Å². The second-order valence-electron chi connectivity index (χ2n) is 3.84. The van der Waals surface area contributed by atoms with E-state index in [2.05, 4.69) is 10.3 Å². The number of fused-ring (bicyclic) bond motifs is 1. The molecule has 0 fully saturated rings. The van der Waals surface area contributed by atoms with E-state index in [1.165, 1.54) is 0 Å². The molecule has 18 heavy (non-hydrogen) atoms. The first-order chi connectivity index (χ1) is 8.63. The lowest BCUT2D eigenvalue weighted by Gasteiger charge is -2.13. The van der Waals surface area contributed by atoms with Crippen LogP contribution in [0, 0.1) is 0 Å². The molecule has 6 heteroatoms. The third-order valence-electron chi connectivity index (χ3n) is 2.52. The molecule has 0 spiro atoms. The topological polar surface area (TPSA) is 65.4 Å². The molecule has 3 N–H and O–H groups in total. The lowest BCUT2D eigenvalue weighted by molar-refractivity contribution is 0.211. The van der Waals surface area contributed by atoms with Gasteiger partial charge < -0.3 is 15.5 Å². The van der Waals surface area contributed by atoms with Crippen LogP contribution in [0.3, 0.4) is 0 Å². The molecule has 0 saturated carbocycles. The highest BCUT2D eigenvalue weighted by Gasteiger charge is 2.12. The van der Waals surface area contributed by atoms with Gasteiger partial charge in [0.25, 0.3) is 0 Å². The van der Waals surface area contributed by atoms with Gasteiger partial charge in [-0.1, -0.05) is 11.6 Å². The molecular weight excluding hydrogens is 275 g/mol. The number of aliphatic hydroxyl groups is 1. The molecule has 2 rings (SSSR count). The first-order valence-corrected chi connectivity index (χ1v) is 6.29. The molecule has 1 atom stereocenters. The van der Waals surface area contributed by atoms with E-state index in [-0.39, 0.29) is 18.2 Å². The Hall–Kier alpha value is -1.23. The number of nitrogens with one attached hydrogen (secondary N) is 1. The van der Waals surface area contributed by atoms with Gasteiger partial charge in [0, 0.05) is 18.1 Å². The maximum absolute atomic E-state index is 10.1. The van der Waals surface area contributed by atoms with Crippen molar-refractivity contribution in [2.45, 2.75) is 6.10 Å². The summed E-state index contributed by atoms with van der Waals surface area (Å²) in [4.78, 5) is 4.09. The van der Waals surface area contributed by atoms with Gasteiger partial charge in [-0.2, -0.15) is 0 Å². The van der Waals surface area contributed by atoms with Gasteiger partial charge in [0.05, 0.1) is 22.7 Å². The number of anilines is 1. The first-order valence-electron chi connectivity index (χ1n) is 5.37. The number of hydrogen-bond acceptors (Lipinski definition) is 4. The fourth-order valence-corrected chi connectivity index (χ4v) is 1.97. The molecule has 0 aliphatic rings. The van der Waals surface area contributed by atoms with E-state index in [1.807, 2.05) is 0 Å². The summed E-state index contributed by atoms with van der Waals surface area (Å²) in [7, 11) is 0. The summed E-state index contributed by atoms with van der Waals surface area (Å²) >= 11 is 11.6. The molecule has 0 amide bonds. The van der Waals surface area contributed by atoms with Crippen molar-refractivity contribution >= 4 is 39.8 Å². The van der Waals surface area contributed by atoms with Crippen LogP contribution >= 0.6 is 23.2 Å². The fraction of sp³-hybridized carbons (Fsp3) is 0.250. The molecule has 1 aromatic carbocycles. The van der Waals surface area contributed by atoms with Crippen LogP contribution in [0.25, 0.3) is 10.9 Å². The third kappa shape index (κ3) is 2.61. The fourth-order valence-electron chi connectivity index (χ4n) is 1.60. The molecule has 1 unspecified atom stereocenters. The highest BCUT2D eigenvalue weighted by molar-refractivity contribution is 6.36. The van der Waals surface area contributed by atoms with Crippen LogP contribution < -0.4 is 5.32 Å². The first kappa shape index (κ1) is 13.2. The van der Waals surface area contributed by atoms with E-state index >= 15 is 0 Å². The van der Waals surface area contributed by atoms with Crippen molar-refractivity contribution in [3.05, 3.63) is 29.4 Å². The van der Waals surface area contributed by atoms with Gasteiger partial charge in [-0.15, -0.1) is 11.6 Å². The zero-order chi connectivity index (χ0) is 13.1. The second-order valence-corrected chi connectivity index (χ2v) is 4.56. The number of phenols is 1. The number of pyridine rings is 1. The molecule has 4 nitrogen and oxygen atoms in total. The largest absolute Gasteiger partial charge is 0.504 e. The van der Waals surface area contributed by atoms with Gasteiger partial charge >= 0.3 is 0 Å². The number of aromatic hydroxyl groups is 1. The van der Waals surface area contributed by atoms with E-state index in [9.17, 15) is 10.2 Å². The average Bonchev–Trinajstić information content (AvgIpc) is 2.41. The standard InChI is InChI=1S/C12H12Cl2N2O2/c13-5-7(17)6-16-10-4-9(14)8-2-1-3-15-11(8)12(10)18/h1-4,7,16-18H,5-6H2. The van der Waals surface area contributed by atoms with Gasteiger partial charge in [-0.05, 0) is 18.2 Å². The van der Waals surface area contributed by atoms with Gasteiger partial charge in [0.15, 0.2) is 5.75 Å². The monoisotopic (exact) mass is 286 g/mol. The van der Waals surface area contributed by atoms with Crippen LogP contribution in [-0.4, -0.2) is 33.7 Å². The number of aliphatic hydroxyl groups excluding tert-OH is 1. The van der Waals surface area contributed by atoms with Crippen molar-refractivity contribution in [3.8, 4) is 5.75 Å². The van der Waals surface area contributed by atoms with Gasteiger partial charge in [-0.3, -0.25) is 4.98 Å². The predicted molar refractivity (Wildman–Crippen MR) is 73.6 cm³/mol. The van der Waals surface area contributed by atoms with Crippen LogP contribution in [0.15, 0.2) is 24.4 Å². The quantitative estimate of drug-likeness (QED) is 0.597. The summed E-state index contributed by atoms with van der Waals surface area (Å²) in [6, 6.07) is 5.13. The van der Waals surface area contributed by atoms with Crippen molar-refractivity contribution in [1.82, 2.24) is 4.98 Å². The Balaban J connectivity index is 2.37. The number of hydrogen-bond donors (Lipinski definition) is 3. The maximum Gasteiger partial charge on any atom is 0.165 e. The van der Waals surface area contributed by atoms with Crippen LogP contribution in [0.5, 0.6) is 5.75 Å². The lowest BCUT2D eigenvalue weighted by atomic mass is 10.1. The summed E-state index contributed by atoms with van der Waals surface area (Å²) in [5.41, 5.74) is 0.850. The van der Waals surface area contributed by atoms with Crippen molar-refractivity contribution in [2.75, 3.05) is 17.7 Å². The Morgan fingerprint density at radius 3 is 2.94 bits per heavy atom. The molecule has 96 valence electrons. The van der Waals surface area contributed by atoms with Gasteiger partial charge in [-0.25, -0.2) is 0 Å². The minimum Gasteiger partial charge on any atom is -0.504 e. The summed E-state index contributed by atoms with van der Waals surface area (Å²) in [6.07, 6.45) is 0.889. The number of nitrogens with zero attached hydrogens (tertiary/aromatic N) is 1. The molecule has 0 bridgehead atoms. The van der Waals surface area contributed by atoms with Crippen molar-refractivity contribution in [2.24, 2.45) is 0 Å². The van der Waals surface area contributed by atoms with E-state index < -0.39 is 6.10 Å². The second kappa shape index (κ2) is 5.61. The van der Waals surface area contributed by atoms with Crippen molar-refractivity contribution in [1.29, 1.82) is 0 Å². The van der Waals surface area contributed by atoms with E-state index in [1.54, 1.807) is 24.4 Å². The molecule has 0 aliphatic carbocycles. The van der Waals surface area contributed by atoms with E-state index in [4.69, 9.17) is 23.2 Å².